The number of nitrogens with zero attached hydrogens (tertiary/aromatic N) is 2. The fourth-order valence-corrected chi connectivity index (χ4v) is 2.85. The van der Waals surface area contributed by atoms with Crippen molar-refractivity contribution in [3.63, 3.8) is 0 Å². The van der Waals surface area contributed by atoms with Crippen LogP contribution in [0.1, 0.15) is 30.2 Å². The first-order chi connectivity index (χ1) is 11.8. The summed E-state index contributed by atoms with van der Waals surface area (Å²) < 4.78 is 0. The van der Waals surface area contributed by atoms with Crippen LogP contribution in [0.25, 0.3) is 17.3 Å². The van der Waals surface area contributed by atoms with Crippen molar-refractivity contribution in [2.75, 3.05) is 0 Å². The molecule has 0 saturated carbocycles. The summed E-state index contributed by atoms with van der Waals surface area (Å²) in [6.07, 6.45) is 7.47. The lowest BCUT2D eigenvalue weighted by Crippen LogP contribution is -2.27. The molecule has 5 nitrogen and oxygen atoms in total. The predicted octanol–water partition coefficient (Wildman–Crippen LogP) is 3.81. The monoisotopic (exact) mass is 338 g/mol. The van der Waals surface area contributed by atoms with Crippen molar-refractivity contribution < 1.29 is 4.79 Å². The van der Waals surface area contributed by atoms with E-state index in [1.807, 2.05) is 42.6 Å². The molecule has 0 radical (unpaired) electrons. The van der Waals surface area contributed by atoms with Gasteiger partial charge < -0.3 is 10.3 Å². The zero-order valence-corrected chi connectivity index (χ0v) is 14.1. The summed E-state index contributed by atoms with van der Waals surface area (Å²) in [4.78, 5) is 23.9. The zero-order chi connectivity index (χ0) is 16.8. The van der Waals surface area contributed by atoms with Gasteiger partial charge in [0.1, 0.15) is 10.8 Å². The van der Waals surface area contributed by atoms with Gasteiger partial charge in [-0.25, -0.2) is 9.97 Å². The fraction of sp³-hybridized carbons (Fsp3) is 0.167. The quantitative estimate of drug-likeness (QED) is 0.671. The number of carbonyl (C=O) groups is 1. The second kappa shape index (κ2) is 7.70. The van der Waals surface area contributed by atoms with E-state index in [0.29, 0.717) is 0 Å². The number of H-pyrrole nitrogens is 1. The number of hydrogen-bond acceptors (Lipinski definition) is 4. The molecule has 3 rings (SSSR count). The van der Waals surface area contributed by atoms with E-state index < -0.39 is 0 Å². The third-order valence-electron chi connectivity index (χ3n) is 3.56. The molecule has 0 bridgehead atoms. The summed E-state index contributed by atoms with van der Waals surface area (Å²) in [5, 5.41) is 5.65. The number of thiazole rings is 1. The normalized spacial score (nSPS) is 12.4. The first-order valence-electron chi connectivity index (χ1n) is 7.74. The van der Waals surface area contributed by atoms with Crippen LogP contribution in [0.3, 0.4) is 0 Å². The Kier molecular flexibility index (Phi) is 5.18. The summed E-state index contributed by atoms with van der Waals surface area (Å²) >= 11 is 1.49. The molecular weight excluding hydrogens is 320 g/mol. The van der Waals surface area contributed by atoms with Gasteiger partial charge in [0.05, 0.1) is 17.9 Å². The van der Waals surface area contributed by atoms with E-state index in [1.54, 1.807) is 18.5 Å². The minimum absolute atomic E-state index is 0.157. The first-order valence-corrected chi connectivity index (χ1v) is 8.62. The number of aromatic nitrogens is 3. The van der Waals surface area contributed by atoms with Gasteiger partial charge in [-0.15, -0.1) is 11.3 Å². The second-order valence-electron chi connectivity index (χ2n) is 5.22. The Balaban J connectivity index is 1.68. The van der Waals surface area contributed by atoms with Gasteiger partial charge in [-0.3, -0.25) is 4.79 Å². The maximum Gasteiger partial charge on any atom is 0.244 e. The van der Waals surface area contributed by atoms with Crippen molar-refractivity contribution in [3.05, 3.63) is 65.0 Å². The van der Waals surface area contributed by atoms with Gasteiger partial charge in [-0.05, 0) is 18.1 Å². The predicted molar refractivity (Wildman–Crippen MR) is 96.3 cm³/mol. The minimum Gasteiger partial charge on any atom is -0.343 e. The number of aromatic amines is 1. The van der Waals surface area contributed by atoms with E-state index in [2.05, 4.69) is 20.3 Å². The number of amides is 1. The molecule has 1 amide bonds. The molecular formula is C18H18N4OS. The van der Waals surface area contributed by atoms with Crippen LogP contribution < -0.4 is 5.32 Å². The second-order valence-corrected chi connectivity index (χ2v) is 6.15. The Morgan fingerprint density at radius 2 is 2.17 bits per heavy atom. The van der Waals surface area contributed by atoms with E-state index in [1.165, 1.54) is 17.4 Å². The fourth-order valence-electron chi connectivity index (χ4n) is 2.33. The van der Waals surface area contributed by atoms with Gasteiger partial charge in [0.2, 0.25) is 5.91 Å². The van der Waals surface area contributed by atoms with Crippen LogP contribution in [0.4, 0.5) is 0 Å². The van der Waals surface area contributed by atoms with Crippen molar-refractivity contribution in [3.8, 4) is 11.3 Å². The van der Waals surface area contributed by atoms with Gasteiger partial charge in [0, 0.05) is 17.7 Å². The lowest BCUT2D eigenvalue weighted by atomic mass is 10.2. The van der Waals surface area contributed by atoms with Crippen molar-refractivity contribution in [2.45, 2.75) is 19.4 Å². The van der Waals surface area contributed by atoms with E-state index in [4.69, 9.17) is 0 Å². The van der Waals surface area contributed by atoms with Gasteiger partial charge in [0.15, 0.2) is 0 Å². The molecule has 1 unspecified atom stereocenters. The number of imidazole rings is 1. The molecule has 0 fully saturated rings. The van der Waals surface area contributed by atoms with E-state index >= 15 is 0 Å². The minimum atomic E-state index is -0.158. The van der Waals surface area contributed by atoms with Crippen LogP contribution in [0.5, 0.6) is 0 Å². The summed E-state index contributed by atoms with van der Waals surface area (Å²) in [5.41, 5.74) is 2.01. The molecule has 2 N–H and O–H groups in total. The van der Waals surface area contributed by atoms with E-state index in [-0.39, 0.29) is 11.9 Å². The van der Waals surface area contributed by atoms with Crippen LogP contribution in [0, 0.1) is 0 Å². The number of rotatable bonds is 6. The highest BCUT2D eigenvalue weighted by Gasteiger charge is 2.15. The molecule has 24 heavy (non-hydrogen) atoms. The van der Waals surface area contributed by atoms with Crippen molar-refractivity contribution >= 4 is 23.3 Å². The Hall–Kier alpha value is -2.73. The third-order valence-corrected chi connectivity index (χ3v) is 4.30. The van der Waals surface area contributed by atoms with Crippen molar-refractivity contribution in [1.29, 1.82) is 0 Å². The standard InChI is InChI=1S/C18H18N4OS/c1-2-14(21-16(23)8-9-17-19-10-11-24-17)18-20-12-15(22-18)13-6-4-3-5-7-13/h3-12,14H,2H2,1H3,(H,20,22)(H,21,23). The highest BCUT2D eigenvalue weighted by molar-refractivity contribution is 7.10. The zero-order valence-electron chi connectivity index (χ0n) is 13.3. The SMILES string of the molecule is CCC(NC(=O)C=Cc1nccs1)c1ncc(-c2ccccc2)[nH]1. The number of hydrogen-bond donors (Lipinski definition) is 2. The summed E-state index contributed by atoms with van der Waals surface area (Å²) in [6, 6.07) is 9.83. The third kappa shape index (κ3) is 3.97. The largest absolute Gasteiger partial charge is 0.343 e. The molecule has 122 valence electrons. The van der Waals surface area contributed by atoms with Crippen molar-refractivity contribution in [2.24, 2.45) is 0 Å². The van der Waals surface area contributed by atoms with Gasteiger partial charge in [-0.2, -0.15) is 0 Å². The van der Waals surface area contributed by atoms with Gasteiger partial charge in [-0.1, -0.05) is 37.3 Å². The number of benzene rings is 1. The maximum absolute atomic E-state index is 12.1. The highest BCUT2D eigenvalue weighted by Crippen LogP contribution is 2.20. The van der Waals surface area contributed by atoms with E-state index in [9.17, 15) is 4.79 Å². The average Bonchev–Trinajstić information content (AvgIpc) is 3.30. The molecule has 6 heteroatoms. The molecule has 1 atom stereocenters. The Labute approximate surface area is 144 Å². The maximum atomic E-state index is 12.1. The van der Waals surface area contributed by atoms with E-state index in [0.717, 1.165) is 28.5 Å². The molecule has 0 aliphatic carbocycles. The topological polar surface area (TPSA) is 70.7 Å². The smallest absolute Gasteiger partial charge is 0.244 e. The van der Waals surface area contributed by atoms with Crippen molar-refractivity contribution in [1.82, 2.24) is 20.3 Å². The number of carbonyl (C=O) groups excluding carboxylic acids is 1. The first kappa shape index (κ1) is 16.1. The summed E-state index contributed by atoms with van der Waals surface area (Å²) in [5.74, 6) is 0.599. The lowest BCUT2D eigenvalue weighted by Gasteiger charge is -2.13. The Morgan fingerprint density at radius 1 is 1.33 bits per heavy atom. The van der Waals surface area contributed by atoms with Crippen LogP contribution in [0.2, 0.25) is 0 Å². The summed E-state index contributed by atoms with van der Waals surface area (Å²) in [7, 11) is 0. The Morgan fingerprint density at radius 3 is 2.88 bits per heavy atom. The number of nitrogens with one attached hydrogen (secondary N) is 2. The molecule has 0 aliphatic heterocycles. The molecule has 0 spiro atoms. The Bertz CT molecular complexity index is 809. The highest BCUT2D eigenvalue weighted by atomic mass is 32.1. The average molecular weight is 338 g/mol. The van der Waals surface area contributed by atoms with Gasteiger partial charge in [0.25, 0.3) is 0 Å². The molecule has 1 aromatic carbocycles. The molecule has 2 heterocycles. The molecule has 3 aromatic rings. The molecule has 0 saturated heterocycles. The van der Waals surface area contributed by atoms with Gasteiger partial charge >= 0.3 is 0 Å². The molecule has 0 aliphatic rings. The van der Waals surface area contributed by atoms with Crippen LogP contribution in [-0.4, -0.2) is 20.9 Å². The van der Waals surface area contributed by atoms with Crippen LogP contribution in [-0.2, 0) is 4.79 Å². The van der Waals surface area contributed by atoms with Crippen LogP contribution >= 0.6 is 11.3 Å². The lowest BCUT2D eigenvalue weighted by molar-refractivity contribution is -0.117. The molecule has 2 aromatic heterocycles. The summed E-state index contributed by atoms with van der Waals surface area (Å²) in [6.45, 7) is 2.01. The van der Waals surface area contributed by atoms with Crippen LogP contribution in [0.15, 0.2) is 54.2 Å².